The molecule has 2 N–H and O–H groups in total. The molecule has 0 fully saturated rings. The van der Waals surface area contributed by atoms with E-state index in [-0.39, 0.29) is 18.3 Å². The Balaban J connectivity index is 1.79. The van der Waals surface area contributed by atoms with Gasteiger partial charge in [0.05, 0.1) is 31.6 Å². The Labute approximate surface area is 203 Å². The third-order valence-corrected chi connectivity index (χ3v) is 5.83. The number of ether oxygens (including phenoxy) is 3. The molecule has 180 valence electrons. The molecule has 0 radical (unpaired) electrons. The molecule has 2 aromatic carbocycles. The Bertz CT molecular complexity index is 1080. The number of anilines is 1. The number of benzene rings is 2. The van der Waals surface area contributed by atoms with Crippen molar-refractivity contribution in [3.8, 4) is 11.5 Å². The van der Waals surface area contributed by atoms with Crippen LogP contribution in [-0.4, -0.2) is 43.1 Å². The fourth-order valence-corrected chi connectivity index (χ4v) is 4.16. The van der Waals surface area contributed by atoms with Crippen LogP contribution < -0.4 is 20.1 Å². The van der Waals surface area contributed by atoms with Crippen LogP contribution in [0.25, 0.3) is 0 Å². The van der Waals surface area contributed by atoms with E-state index < -0.39 is 12.0 Å². The number of para-hydroxylation sites is 1. The van der Waals surface area contributed by atoms with E-state index in [0.29, 0.717) is 40.2 Å². The van der Waals surface area contributed by atoms with Crippen molar-refractivity contribution < 1.29 is 23.8 Å². The lowest BCUT2D eigenvalue weighted by Gasteiger charge is -2.26. The standard InChI is InChI=1S/C25H29N3O5S/c1-5-32-20-10-8-7-9-19(20)23-22(24(30)33-6-2)16(3)26-25(28-23)34-15-21(29)27-17-11-13-18(31-4)14-12-17/h7-14,23H,5-6,15H2,1-4H3,(H,26,28)(H,27,29)/t23-/m0/s1. The van der Waals surface area contributed by atoms with Gasteiger partial charge >= 0.3 is 5.97 Å². The molecular weight excluding hydrogens is 454 g/mol. The summed E-state index contributed by atoms with van der Waals surface area (Å²) in [7, 11) is 1.59. The molecule has 1 aliphatic rings. The lowest BCUT2D eigenvalue weighted by molar-refractivity contribution is -0.139. The minimum absolute atomic E-state index is 0.139. The van der Waals surface area contributed by atoms with Crippen LogP contribution in [0.4, 0.5) is 5.69 Å². The second kappa shape index (κ2) is 12.1. The Morgan fingerprint density at radius 2 is 1.82 bits per heavy atom. The number of carbonyl (C=O) groups is 2. The minimum Gasteiger partial charge on any atom is -0.497 e. The van der Waals surface area contributed by atoms with Crippen molar-refractivity contribution in [2.75, 3.05) is 31.4 Å². The van der Waals surface area contributed by atoms with Gasteiger partial charge in [-0.25, -0.2) is 9.79 Å². The lowest BCUT2D eigenvalue weighted by Crippen LogP contribution is -2.31. The molecule has 1 heterocycles. The van der Waals surface area contributed by atoms with Crippen LogP contribution in [0, 0.1) is 0 Å². The van der Waals surface area contributed by atoms with E-state index in [1.54, 1.807) is 45.2 Å². The number of hydrogen-bond donors (Lipinski definition) is 2. The second-order valence-corrected chi connectivity index (χ2v) is 8.22. The first-order valence-electron chi connectivity index (χ1n) is 11.0. The van der Waals surface area contributed by atoms with E-state index in [2.05, 4.69) is 10.6 Å². The highest BCUT2D eigenvalue weighted by Crippen LogP contribution is 2.37. The molecule has 0 aliphatic carbocycles. The summed E-state index contributed by atoms with van der Waals surface area (Å²) in [6.07, 6.45) is 0. The number of amidine groups is 1. The second-order valence-electron chi connectivity index (χ2n) is 7.26. The van der Waals surface area contributed by atoms with Gasteiger partial charge in [0.1, 0.15) is 17.5 Å². The molecule has 34 heavy (non-hydrogen) atoms. The minimum atomic E-state index is -0.616. The van der Waals surface area contributed by atoms with Gasteiger partial charge < -0.3 is 24.8 Å². The van der Waals surface area contributed by atoms with E-state index in [9.17, 15) is 9.59 Å². The van der Waals surface area contributed by atoms with Crippen LogP contribution in [-0.2, 0) is 14.3 Å². The maximum atomic E-state index is 12.8. The van der Waals surface area contributed by atoms with Gasteiger partial charge in [0.2, 0.25) is 5.91 Å². The van der Waals surface area contributed by atoms with E-state index in [0.717, 1.165) is 5.56 Å². The van der Waals surface area contributed by atoms with Gasteiger partial charge in [-0.05, 0) is 51.1 Å². The molecule has 2 aromatic rings. The molecule has 1 atom stereocenters. The fraction of sp³-hybridized carbons (Fsp3) is 0.320. The molecule has 0 spiro atoms. The SMILES string of the molecule is CCOC(=O)C1=C(C)NC(SCC(=O)Nc2ccc(OC)cc2)=N[C@H]1c1ccccc1OCC. The molecule has 0 unspecified atom stereocenters. The van der Waals surface area contributed by atoms with Crippen molar-refractivity contribution in [3.63, 3.8) is 0 Å². The van der Waals surface area contributed by atoms with Crippen molar-refractivity contribution in [3.05, 3.63) is 65.4 Å². The number of hydrogen-bond acceptors (Lipinski definition) is 8. The summed E-state index contributed by atoms with van der Waals surface area (Å²) in [5.41, 5.74) is 2.48. The van der Waals surface area contributed by atoms with E-state index >= 15 is 0 Å². The molecule has 3 rings (SSSR count). The lowest BCUT2D eigenvalue weighted by atomic mass is 9.96. The van der Waals surface area contributed by atoms with E-state index in [1.165, 1.54) is 11.8 Å². The Morgan fingerprint density at radius 3 is 2.50 bits per heavy atom. The van der Waals surface area contributed by atoms with Crippen LogP contribution in [0.15, 0.2) is 64.8 Å². The van der Waals surface area contributed by atoms with Crippen molar-refractivity contribution in [2.24, 2.45) is 4.99 Å². The Kier molecular flexibility index (Phi) is 8.98. The largest absolute Gasteiger partial charge is 0.497 e. The van der Waals surface area contributed by atoms with Gasteiger partial charge in [-0.3, -0.25) is 4.79 Å². The molecule has 0 aromatic heterocycles. The first-order valence-corrected chi connectivity index (χ1v) is 12.0. The Morgan fingerprint density at radius 1 is 1.09 bits per heavy atom. The maximum absolute atomic E-state index is 12.8. The third kappa shape index (κ3) is 6.32. The topological polar surface area (TPSA) is 98.2 Å². The van der Waals surface area contributed by atoms with Crippen LogP contribution in [0.5, 0.6) is 11.5 Å². The monoisotopic (exact) mass is 483 g/mol. The number of nitrogens with zero attached hydrogens (tertiary/aromatic N) is 1. The highest BCUT2D eigenvalue weighted by Gasteiger charge is 2.32. The van der Waals surface area contributed by atoms with Crippen LogP contribution in [0.3, 0.4) is 0 Å². The predicted octanol–water partition coefficient (Wildman–Crippen LogP) is 4.30. The van der Waals surface area contributed by atoms with E-state index in [4.69, 9.17) is 19.2 Å². The predicted molar refractivity (Wildman–Crippen MR) is 134 cm³/mol. The molecule has 1 aliphatic heterocycles. The highest BCUT2D eigenvalue weighted by molar-refractivity contribution is 8.14. The number of allylic oxidation sites excluding steroid dienone is 1. The number of thioether (sulfide) groups is 1. The number of nitrogens with one attached hydrogen (secondary N) is 2. The average Bonchev–Trinajstić information content (AvgIpc) is 2.83. The van der Waals surface area contributed by atoms with Crippen molar-refractivity contribution in [1.82, 2.24) is 5.32 Å². The zero-order valence-corrected chi connectivity index (χ0v) is 20.5. The van der Waals surface area contributed by atoms with Crippen LogP contribution >= 0.6 is 11.8 Å². The van der Waals surface area contributed by atoms with Gasteiger partial charge in [-0.15, -0.1) is 0 Å². The first-order chi connectivity index (χ1) is 16.5. The number of aliphatic imine (C=N–C) groups is 1. The number of carbonyl (C=O) groups excluding carboxylic acids is 2. The van der Waals surface area contributed by atoms with Gasteiger partial charge in [0, 0.05) is 16.9 Å². The third-order valence-electron chi connectivity index (χ3n) is 4.94. The van der Waals surface area contributed by atoms with Crippen LogP contribution in [0.1, 0.15) is 32.4 Å². The number of methoxy groups -OCH3 is 1. The smallest absolute Gasteiger partial charge is 0.338 e. The summed E-state index contributed by atoms with van der Waals surface area (Å²) in [4.78, 5) is 30.0. The Hall–Kier alpha value is -3.46. The summed E-state index contributed by atoms with van der Waals surface area (Å²) in [6.45, 7) is 6.20. The molecule has 9 heteroatoms. The summed E-state index contributed by atoms with van der Waals surface area (Å²) < 4.78 is 16.2. The molecular formula is C25H29N3O5S. The van der Waals surface area contributed by atoms with Gasteiger partial charge in [0.15, 0.2) is 5.17 Å². The summed E-state index contributed by atoms with van der Waals surface area (Å²) in [5, 5.41) is 6.53. The maximum Gasteiger partial charge on any atom is 0.338 e. The first kappa shape index (κ1) is 25.2. The van der Waals surface area contributed by atoms with Gasteiger partial charge in [-0.2, -0.15) is 0 Å². The number of rotatable bonds is 9. The van der Waals surface area contributed by atoms with Crippen LogP contribution in [0.2, 0.25) is 0 Å². The number of esters is 1. The average molecular weight is 484 g/mol. The highest BCUT2D eigenvalue weighted by atomic mass is 32.2. The van der Waals surface area contributed by atoms with Crippen molar-refractivity contribution in [2.45, 2.75) is 26.8 Å². The number of amides is 1. The van der Waals surface area contributed by atoms with Gasteiger partial charge in [0.25, 0.3) is 0 Å². The molecule has 1 amide bonds. The fourth-order valence-electron chi connectivity index (χ4n) is 3.42. The summed E-state index contributed by atoms with van der Waals surface area (Å²) in [6, 6.07) is 14.0. The zero-order valence-electron chi connectivity index (χ0n) is 19.7. The quantitative estimate of drug-likeness (QED) is 0.513. The van der Waals surface area contributed by atoms with Gasteiger partial charge in [-0.1, -0.05) is 30.0 Å². The summed E-state index contributed by atoms with van der Waals surface area (Å²) in [5.74, 6) is 0.889. The molecule has 0 saturated heterocycles. The zero-order chi connectivity index (χ0) is 24.5. The molecule has 0 bridgehead atoms. The molecule has 0 saturated carbocycles. The van der Waals surface area contributed by atoms with Crippen molar-refractivity contribution >= 4 is 34.5 Å². The van der Waals surface area contributed by atoms with E-state index in [1.807, 2.05) is 31.2 Å². The normalized spacial score (nSPS) is 15.2. The summed E-state index contributed by atoms with van der Waals surface area (Å²) >= 11 is 1.26. The molecule has 8 nitrogen and oxygen atoms in total. The van der Waals surface area contributed by atoms with Crippen molar-refractivity contribution in [1.29, 1.82) is 0 Å².